The number of rotatable bonds is 1. The molecule has 3 atom stereocenters. The third kappa shape index (κ3) is 1.12. The van der Waals surface area contributed by atoms with E-state index in [1.807, 2.05) is 0 Å². The number of sulfonamides is 1. The summed E-state index contributed by atoms with van der Waals surface area (Å²) in [6.45, 7) is 7.76. The largest absolute Gasteiger partial charge is 0.269 e. The Balaban J connectivity index is 2.14. The van der Waals surface area contributed by atoms with Crippen molar-refractivity contribution in [1.82, 2.24) is 4.31 Å². The fraction of sp³-hybridized carbons (Fsp3) is 0.769. The molecule has 5 heteroatoms. The maximum Gasteiger partial charge on any atom is 0.259 e. The second-order valence-electron chi connectivity index (χ2n) is 6.46. The molecule has 3 aliphatic rings. The molecule has 0 aromatic carbocycles. The van der Waals surface area contributed by atoms with Crippen molar-refractivity contribution < 1.29 is 13.2 Å². The molecule has 1 aliphatic heterocycles. The fourth-order valence-electron chi connectivity index (χ4n) is 4.67. The monoisotopic (exact) mass is 269 g/mol. The van der Waals surface area contributed by atoms with E-state index in [-0.39, 0.29) is 22.6 Å². The molecule has 18 heavy (non-hydrogen) atoms. The van der Waals surface area contributed by atoms with Gasteiger partial charge in [-0.05, 0) is 36.7 Å². The van der Waals surface area contributed by atoms with Crippen LogP contribution in [0.5, 0.6) is 0 Å². The molecule has 2 aliphatic carbocycles. The van der Waals surface area contributed by atoms with E-state index in [4.69, 9.17) is 0 Å². The van der Waals surface area contributed by atoms with Crippen LogP contribution in [0.15, 0.2) is 12.7 Å². The summed E-state index contributed by atoms with van der Waals surface area (Å²) >= 11 is 0. The lowest BCUT2D eigenvalue weighted by Crippen LogP contribution is -2.43. The number of hydrogen-bond donors (Lipinski definition) is 0. The van der Waals surface area contributed by atoms with Crippen molar-refractivity contribution in [2.75, 3.05) is 5.75 Å². The molecular weight excluding hydrogens is 250 g/mol. The summed E-state index contributed by atoms with van der Waals surface area (Å²) in [6.07, 6.45) is 3.96. The van der Waals surface area contributed by atoms with Crippen molar-refractivity contribution >= 4 is 15.9 Å². The van der Waals surface area contributed by atoms with Crippen LogP contribution in [-0.4, -0.2) is 30.4 Å². The van der Waals surface area contributed by atoms with Crippen molar-refractivity contribution in [3.05, 3.63) is 12.7 Å². The summed E-state index contributed by atoms with van der Waals surface area (Å²) in [4.78, 5) is 11.9. The molecule has 1 heterocycles. The topological polar surface area (TPSA) is 54.5 Å². The Kier molecular flexibility index (Phi) is 2.16. The van der Waals surface area contributed by atoms with Crippen LogP contribution in [0.25, 0.3) is 0 Å². The van der Waals surface area contributed by atoms with Gasteiger partial charge in [-0.2, -0.15) is 0 Å². The number of amides is 1. The zero-order valence-corrected chi connectivity index (χ0v) is 11.7. The molecule has 0 aromatic rings. The van der Waals surface area contributed by atoms with E-state index < -0.39 is 15.9 Å². The van der Waals surface area contributed by atoms with Crippen LogP contribution in [0.2, 0.25) is 0 Å². The van der Waals surface area contributed by atoms with Gasteiger partial charge in [0, 0.05) is 5.41 Å². The minimum atomic E-state index is -3.46. The summed E-state index contributed by atoms with van der Waals surface area (Å²) < 4.78 is 25.7. The van der Waals surface area contributed by atoms with Gasteiger partial charge in [0.25, 0.3) is 5.91 Å². The van der Waals surface area contributed by atoms with E-state index in [0.717, 1.165) is 29.6 Å². The van der Waals surface area contributed by atoms with Gasteiger partial charge in [0.05, 0.1) is 11.8 Å². The maximum absolute atomic E-state index is 12.3. The van der Waals surface area contributed by atoms with Crippen LogP contribution in [0.3, 0.4) is 0 Å². The predicted octanol–water partition coefficient (Wildman–Crippen LogP) is 1.54. The van der Waals surface area contributed by atoms with Crippen molar-refractivity contribution in [3.8, 4) is 0 Å². The van der Waals surface area contributed by atoms with E-state index in [1.54, 1.807) is 0 Å². The van der Waals surface area contributed by atoms with Crippen molar-refractivity contribution in [3.63, 3.8) is 0 Å². The molecular formula is C13H19NO3S. The zero-order valence-electron chi connectivity index (χ0n) is 10.8. The fourth-order valence-corrected chi connectivity index (χ4v) is 7.19. The first-order chi connectivity index (χ1) is 8.26. The highest BCUT2D eigenvalue weighted by molar-refractivity contribution is 7.90. The van der Waals surface area contributed by atoms with Gasteiger partial charge in [-0.25, -0.2) is 12.7 Å². The van der Waals surface area contributed by atoms with E-state index >= 15 is 0 Å². The Labute approximate surface area is 108 Å². The van der Waals surface area contributed by atoms with Crippen LogP contribution >= 0.6 is 0 Å². The molecule has 3 fully saturated rings. The van der Waals surface area contributed by atoms with E-state index in [1.165, 1.54) is 0 Å². The molecule has 2 bridgehead atoms. The molecule has 0 N–H and O–H groups in total. The van der Waals surface area contributed by atoms with Gasteiger partial charge in [-0.1, -0.05) is 20.4 Å². The Morgan fingerprint density at radius 2 is 2.11 bits per heavy atom. The number of nitrogens with zero attached hydrogens (tertiary/aromatic N) is 1. The minimum Gasteiger partial charge on any atom is -0.269 e. The van der Waals surface area contributed by atoms with Gasteiger partial charge in [0.15, 0.2) is 0 Å². The number of hydrogen-bond acceptors (Lipinski definition) is 3. The second-order valence-corrected chi connectivity index (χ2v) is 8.31. The highest BCUT2D eigenvalue weighted by atomic mass is 32.2. The van der Waals surface area contributed by atoms with E-state index in [0.29, 0.717) is 5.92 Å². The lowest BCUT2D eigenvalue weighted by molar-refractivity contribution is -0.124. The van der Waals surface area contributed by atoms with Gasteiger partial charge in [-0.15, -0.1) is 0 Å². The Bertz CT molecular complexity index is 536. The minimum absolute atomic E-state index is 0.0148. The molecule has 1 saturated heterocycles. The van der Waals surface area contributed by atoms with E-state index in [9.17, 15) is 13.2 Å². The number of carbonyl (C=O) groups excluding carboxylic acids is 1. The molecule has 1 amide bonds. The summed E-state index contributed by atoms with van der Waals surface area (Å²) in [5, 5.41) is 0. The Morgan fingerprint density at radius 1 is 1.44 bits per heavy atom. The highest BCUT2D eigenvalue weighted by Crippen LogP contribution is 2.69. The summed E-state index contributed by atoms with van der Waals surface area (Å²) in [6, 6.07) is -0.137. The SMILES string of the molecule is C=CC(=O)N1C2CC3CC[C@]2(CS1(=O)=O)C3(C)C. The van der Waals surface area contributed by atoms with Gasteiger partial charge < -0.3 is 0 Å². The molecule has 2 unspecified atom stereocenters. The summed E-state index contributed by atoms with van der Waals surface area (Å²) in [5.41, 5.74) is -0.212. The van der Waals surface area contributed by atoms with Crippen molar-refractivity contribution in [2.45, 2.75) is 39.2 Å². The number of carbonyl (C=O) groups is 1. The molecule has 4 nitrogen and oxygen atoms in total. The predicted molar refractivity (Wildman–Crippen MR) is 68.2 cm³/mol. The third-order valence-electron chi connectivity index (χ3n) is 5.80. The first-order valence-electron chi connectivity index (χ1n) is 6.45. The smallest absolute Gasteiger partial charge is 0.259 e. The van der Waals surface area contributed by atoms with Gasteiger partial charge in [0.1, 0.15) is 0 Å². The average molecular weight is 269 g/mol. The van der Waals surface area contributed by atoms with Gasteiger partial charge in [0.2, 0.25) is 10.0 Å². The molecule has 100 valence electrons. The van der Waals surface area contributed by atoms with Crippen LogP contribution in [0.4, 0.5) is 0 Å². The van der Waals surface area contributed by atoms with Crippen LogP contribution in [0, 0.1) is 16.7 Å². The molecule has 0 aromatic heterocycles. The van der Waals surface area contributed by atoms with Crippen LogP contribution in [0.1, 0.15) is 33.1 Å². The summed E-state index contributed by atoms with van der Waals surface area (Å²) in [7, 11) is -3.46. The molecule has 1 spiro atoms. The van der Waals surface area contributed by atoms with Crippen LogP contribution < -0.4 is 0 Å². The molecule has 0 radical (unpaired) electrons. The van der Waals surface area contributed by atoms with E-state index in [2.05, 4.69) is 20.4 Å². The van der Waals surface area contributed by atoms with Gasteiger partial charge >= 0.3 is 0 Å². The molecule has 3 rings (SSSR count). The second kappa shape index (κ2) is 3.18. The lowest BCUT2D eigenvalue weighted by Gasteiger charge is -2.36. The van der Waals surface area contributed by atoms with Crippen LogP contribution in [-0.2, 0) is 14.8 Å². The Morgan fingerprint density at radius 3 is 2.67 bits per heavy atom. The summed E-state index contributed by atoms with van der Waals surface area (Å²) in [5.74, 6) is 0.214. The first-order valence-corrected chi connectivity index (χ1v) is 8.06. The quantitative estimate of drug-likeness (QED) is 0.678. The molecule has 2 saturated carbocycles. The normalized spacial score (nSPS) is 42.9. The Hall–Kier alpha value is -0.840. The average Bonchev–Trinajstić information content (AvgIpc) is 2.74. The third-order valence-corrected chi connectivity index (χ3v) is 7.72. The lowest BCUT2D eigenvalue weighted by atomic mass is 9.69. The highest BCUT2D eigenvalue weighted by Gasteiger charge is 2.72. The van der Waals surface area contributed by atoms with Crippen molar-refractivity contribution in [2.24, 2.45) is 16.7 Å². The zero-order chi connectivity index (χ0) is 13.3. The van der Waals surface area contributed by atoms with Crippen molar-refractivity contribution in [1.29, 1.82) is 0 Å². The van der Waals surface area contributed by atoms with Gasteiger partial charge in [-0.3, -0.25) is 4.79 Å². The number of fused-ring (bicyclic) bond motifs is 1. The maximum atomic E-state index is 12.3. The first kappa shape index (κ1) is 12.2. The standard InChI is InChI=1S/C13H19NO3S/c1-4-11(15)14-10-7-9-5-6-13(10,12(9,2)3)8-18(14,16)17/h4,9-10H,1,5-8H2,2-3H3/t9?,10?,13-/m1/s1.